The van der Waals surface area contributed by atoms with Crippen LogP contribution in [-0.4, -0.2) is 11.9 Å². The van der Waals surface area contributed by atoms with Gasteiger partial charge in [-0.3, -0.25) is 4.79 Å². The molecule has 1 aromatic carbocycles. The highest BCUT2D eigenvalue weighted by Crippen LogP contribution is 2.53. The van der Waals surface area contributed by atoms with E-state index in [2.05, 4.69) is 5.32 Å². The molecular weight excluding hydrogens is 393 g/mol. The summed E-state index contributed by atoms with van der Waals surface area (Å²) in [5, 5.41) is 4.41. The summed E-state index contributed by atoms with van der Waals surface area (Å²) in [6, 6.07) is 9.35. The van der Waals surface area contributed by atoms with Gasteiger partial charge in [0.1, 0.15) is 11.5 Å². The topological polar surface area (TPSA) is 42.2 Å². The predicted molar refractivity (Wildman–Crippen MR) is 112 cm³/mol. The second kappa shape index (κ2) is 7.27. The number of carbonyl (C=O) groups is 1. The molecule has 28 heavy (non-hydrogen) atoms. The van der Waals surface area contributed by atoms with E-state index < -0.39 is 0 Å². The van der Waals surface area contributed by atoms with Crippen LogP contribution in [0.25, 0.3) is 17.4 Å². The van der Waals surface area contributed by atoms with Crippen LogP contribution >= 0.6 is 23.2 Å². The second-order valence-electron chi connectivity index (χ2n) is 8.66. The summed E-state index contributed by atoms with van der Waals surface area (Å²) >= 11 is 12.1. The molecule has 4 fully saturated rings. The van der Waals surface area contributed by atoms with E-state index in [0.717, 1.165) is 17.4 Å². The van der Waals surface area contributed by atoms with Crippen LogP contribution in [0.15, 0.2) is 40.8 Å². The van der Waals surface area contributed by atoms with Crippen molar-refractivity contribution in [2.24, 2.45) is 23.7 Å². The van der Waals surface area contributed by atoms with Gasteiger partial charge < -0.3 is 9.73 Å². The molecule has 3 nitrogen and oxygen atoms in total. The van der Waals surface area contributed by atoms with Gasteiger partial charge in [-0.1, -0.05) is 23.2 Å². The molecule has 0 spiro atoms. The van der Waals surface area contributed by atoms with Crippen molar-refractivity contribution in [3.63, 3.8) is 0 Å². The molecule has 1 N–H and O–H groups in total. The van der Waals surface area contributed by atoms with E-state index in [1.165, 1.54) is 32.1 Å². The fourth-order valence-corrected chi connectivity index (χ4v) is 6.35. The van der Waals surface area contributed by atoms with Crippen molar-refractivity contribution in [2.75, 3.05) is 0 Å². The number of hydrogen-bond acceptors (Lipinski definition) is 2. The van der Waals surface area contributed by atoms with E-state index in [1.807, 2.05) is 12.1 Å². The first-order valence-electron chi connectivity index (χ1n) is 10.1. The van der Waals surface area contributed by atoms with Gasteiger partial charge in [0, 0.05) is 27.7 Å². The molecule has 1 heterocycles. The Morgan fingerprint density at radius 1 is 0.964 bits per heavy atom. The smallest absolute Gasteiger partial charge is 0.244 e. The Balaban J connectivity index is 1.24. The largest absolute Gasteiger partial charge is 0.457 e. The minimum absolute atomic E-state index is 0.0266. The molecule has 6 rings (SSSR count). The lowest BCUT2D eigenvalue weighted by atomic mass is 9.54. The second-order valence-corrected chi connectivity index (χ2v) is 9.53. The zero-order chi connectivity index (χ0) is 19.3. The van der Waals surface area contributed by atoms with Gasteiger partial charge in [0.25, 0.3) is 0 Å². The third kappa shape index (κ3) is 3.62. The fraction of sp³-hybridized carbons (Fsp3) is 0.435. The molecule has 0 saturated heterocycles. The van der Waals surface area contributed by atoms with Gasteiger partial charge in [-0.15, -0.1) is 0 Å². The van der Waals surface area contributed by atoms with E-state index in [1.54, 1.807) is 30.4 Å². The average molecular weight is 416 g/mol. The molecular formula is C23H23Cl2NO2. The summed E-state index contributed by atoms with van der Waals surface area (Å²) in [6.45, 7) is 0. The van der Waals surface area contributed by atoms with E-state index in [-0.39, 0.29) is 5.91 Å². The third-order valence-electron chi connectivity index (χ3n) is 6.71. The Bertz CT molecular complexity index is 884. The van der Waals surface area contributed by atoms with Crippen LogP contribution in [-0.2, 0) is 4.79 Å². The van der Waals surface area contributed by atoms with Gasteiger partial charge in [0.15, 0.2) is 0 Å². The molecule has 0 aliphatic heterocycles. The summed E-state index contributed by atoms with van der Waals surface area (Å²) in [7, 11) is 0. The number of halogens is 2. The van der Waals surface area contributed by atoms with Gasteiger partial charge in [0.05, 0.1) is 0 Å². The van der Waals surface area contributed by atoms with Gasteiger partial charge in [-0.25, -0.2) is 0 Å². The average Bonchev–Trinajstić information content (AvgIpc) is 3.11. The maximum Gasteiger partial charge on any atom is 0.244 e. The zero-order valence-corrected chi connectivity index (χ0v) is 17.0. The molecule has 1 amide bonds. The monoisotopic (exact) mass is 415 g/mol. The van der Waals surface area contributed by atoms with Crippen molar-refractivity contribution in [3.8, 4) is 11.3 Å². The normalized spacial score (nSPS) is 30.9. The number of rotatable bonds is 4. The summed E-state index contributed by atoms with van der Waals surface area (Å²) < 4.78 is 5.83. The van der Waals surface area contributed by atoms with Crippen molar-refractivity contribution in [1.29, 1.82) is 0 Å². The number of hydrogen-bond donors (Lipinski definition) is 1. The van der Waals surface area contributed by atoms with Crippen LogP contribution in [0.1, 0.15) is 37.9 Å². The molecule has 4 saturated carbocycles. The lowest BCUT2D eigenvalue weighted by Crippen LogP contribution is -2.55. The first-order valence-corrected chi connectivity index (χ1v) is 10.8. The highest BCUT2D eigenvalue weighted by molar-refractivity contribution is 6.35. The van der Waals surface area contributed by atoms with Gasteiger partial charge in [-0.05, 0) is 92.2 Å². The van der Waals surface area contributed by atoms with E-state index >= 15 is 0 Å². The molecule has 146 valence electrons. The first kappa shape index (κ1) is 18.3. The fourth-order valence-electron chi connectivity index (χ4n) is 5.82. The van der Waals surface area contributed by atoms with Crippen molar-refractivity contribution in [3.05, 3.63) is 52.2 Å². The predicted octanol–water partition coefficient (Wildman–Crippen LogP) is 6.21. The number of benzene rings is 1. The highest BCUT2D eigenvalue weighted by Gasteiger charge is 2.48. The number of furan rings is 1. The van der Waals surface area contributed by atoms with E-state index in [0.29, 0.717) is 39.4 Å². The maximum absolute atomic E-state index is 12.5. The number of carbonyl (C=O) groups excluding carboxylic acids is 1. The maximum atomic E-state index is 12.5. The molecule has 0 atom stereocenters. The Labute approximate surface area is 175 Å². The summed E-state index contributed by atoms with van der Waals surface area (Å²) in [5.41, 5.74) is 0.815. The number of nitrogens with one attached hydrogen (secondary N) is 1. The van der Waals surface area contributed by atoms with E-state index in [4.69, 9.17) is 27.6 Å². The summed E-state index contributed by atoms with van der Waals surface area (Å²) in [6.07, 6.45) is 9.92. The standard InChI is InChI=1S/C23H23Cl2NO2/c24-18-10-15(11-19(25)12-18)21-3-1-20(28-21)2-4-22(27)26-23-16-6-13-5-14(8-16)9-17(23)7-13/h1-4,10-14,16-17,23H,5-9H2,(H,26,27). The van der Waals surface area contributed by atoms with Gasteiger partial charge >= 0.3 is 0 Å². The van der Waals surface area contributed by atoms with Crippen molar-refractivity contribution >= 4 is 35.2 Å². The molecule has 1 aromatic heterocycles. The van der Waals surface area contributed by atoms with Crippen molar-refractivity contribution in [1.82, 2.24) is 5.32 Å². The van der Waals surface area contributed by atoms with E-state index in [9.17, 15) is 4.79 Å². The molecule has 2 aromatic rings. The Morgan fingerprint density at radius 3 is 2.25 bits per heavy atom. The molecule has 4 aliphatic carbocycles. The molecule has 4 aliphatic rings. The van der Waals surface area contributed by atoms with Crippen molar-refractivity contribution < 1.29 is 9.21 Å². The van der Waals surface area contributed by atoms with Crippen LogP contribution in [0.2, 0.25) is 10.0 Å². The van der Waals surface area contributed by atoms with Crippen LogP contribution < -0.4 is 5.32 Å². The highest BCUT2D eigenvalue weighted by atomic mass is 35.5. The first-order chi connectivity index (χ1) is 13.5. The zero-order valence-electron chi connectivity index (χ0n) is 15.5. The van der Waals surface area contributed by atoms with Crippen LogP contribution in [0.3, 0.4) is 0 Å². The SMILES string of the molecule is O=C(C=Cc1ccc(-c2cc(Cl)cc(Cl)c2)o1)NC1C2CC3CC(C2)CC1C3. The Hall–Kier alpha value is -1.71. The summed E-state index contributed by atoms with van der Waals surface area (Å²) in [5.74, 6) is 4.45. The van der Waals surface area contributed by atoms with Crippen molar-refractivity contribution in [2.45, 2.75) is 38.1 Å². The lowest BCUT2D eigenvalue weighted by Gasteiger charge is -2.54. The van der Waals surface area contributed by atoms with Gasteiger partial charge in [0.2, 0.25) is 5.91 Å². The number of amides is 1. The van der Waals surface area contributed by atoms with Crippen LogP contribution in [0.5, 0.6) is 0 Å². The molecule has 4 bridgehead atoms. The minimum Gasteiger partial charge on any atom is -0.457 e. The Kier molecular flexibility index (Phi) is 4.76. The Morgan fingerprint density at radius 2 is 1.61 bits per heavy atom. The lowest BCUT2D eigenvalue weighted by molar-refractivity contribution is -0.120. The molecule has 0 radical (unpaired) electrons. The third-order valence-corrected chi connectivity index (χ3v) is 7.14. The molecule has 5 heteroatoms. The van der Waals surface area contributed by atoms with Crippen LogP contribution in [0, 0.1) is 23.7 Å². The summed E-state index contributed by atoms with van der Waals surface area (Å²) in [4.78, 5) is 12.5. The quantitative estimate of drug-likeness (QED) is 0.603. The molecule has 0 unspecified atom stereocenters. The minimum atomic E-state index is -0.0266. The van der Waals surface area contributed by atoms with Crippen LogP contribution in [0.4, 0.5) is 0 Å². The van der Waals surface area contributed by atoms with Gasteiger partial charge in [-0.2, -0.15) is 0 Å².